The molecule has 0 spiro atoms. The second kappa shape index (κ2) is 7.34. The number of hydrogen-bond donors (Lipinski definition) is 1. The molecule has 0 saturated heterocycles. The largest absolute Gasteiger partial charge is 0.462 e. The van der Waals surface area contributed by atoms with Gasteiger partial charge in [0.1, 0.15) is 6.10 Å². The van der Waals surface area contributed by atoms with E-state index in [2.05, 4.69) is 6.58 Å². The number of nitriles is 1. The number of carbonyl (C=O) groups is 1. The van der Waals surface area contributed by atoms with Gasteiger partial charge in [0, 0.05) is 0 Å². The molecule has 0 saturated carbocycles. The molecule has 0 aliphatic carbocycles. The van der Waals surface area contributed by atoms with E-state index in [-0.39, 0.29) is 5.57 Å². The van der Waals surface area contributed by atoms with Crippen LogP contribution < -0.4 is 0 Å². The molecule has 0 radical (unpaired) electrons. The lowest BCUT2D eigenvalue weighted by molar-refractivity contribution is -0.140. The van der Waals surface area contributed by atoms with Gasteiger partial charge in [-0.3, -0.25) is 0 Å². The summed E-state index contributed by atoms with van der Waals surface area (Å²) in [5, 5.41) is 18.8. The Labute approximate surface area is 112 Å². The lowest BCUT2D eigenvalue weighted by Crippen LogP contribution is -2.14. The van der Waals surface area contributed by atoms with Crippen LogP contribution in [0.2, 0.25) is 0 Å². The molecule has 1 N–H and O–H groups in total. The highest BCUT2D eigenvalue weighted by Crippen LogP contribution is 2.22. The summed E-state index contributed by atoms with van der Waals surface area (Å²) in [5.74, 6) is -0.608. The minimum atomic E-state index is -1.15. The monoisotopic (exact) mass is 259 g/mol. The van der Waals surface area contributed by atoms with Crippen LogP contribution in [0, 0.1) is 11.3 Å². The molecule has 1 aromatic carbocycles. The molecular formula is C15H17NO3. The maximum absolute atomic E-state index is 11.6. The third-order valence-corrected chi connectivity index (χ3v) is 2.65. The first-order chi connectivity index (χ1) is 9.10. The SMILES string of the molecule is C=C(C(=O)OCCCC)C(O)c1cccc(C#N)c1. The van der Waals surface area contributed by atoms with Gasteiger partial charge in [0.2, 0.25) is 0 Å². The number of benzene rings is 1. The molecule has 1 atom stereocenters. The van der Waals surface area contributed by atoms with Crippen LogP contribution in [0.4, 0.5) is 0 Å². The number of rotatable bonds is 6. The zero-order valence-electron chi connectivity index (χ0n) is 10.9. The Balaban J connectivity index is 2.70. The topological polar surface area (TPSA) is 70.3 Å². The van der Waals surface area contributed by atoms with E-state index in [1.807, 2.05) is 13.0 Å². The van der Waals surface area contributed by atoms with Gasteiger partial charge in [-0.25, -0.2) is 4.79 Å². The lowest BCUT2D eigenvalue weighted by atomic mass is 10.0. The van der Waals surface area contributed by atoms with E-state index in [0.717, 1.165) is 12.8 Å². The van der Waals surface area contributed by atoms with Gasteiger partial charge in [0.15, 0.2) is 0 Å². The Morgan fingerprint density at radius 1 is 1.58 bits per heavy atom. The first-order valence-corrected chi connectivity index (χ1v) is 6.14. The minimum Gasteiger partial charge on any atom is -0.462 e. The van der Waals surface area contributed by atoms with E-state index < -0.39 is 12.1 Å². The number of aliphatic hydroxyl groups excluding tert-OH is 1. The Morgan fingerprint density at radius 2 is 2.32 bits per heavy atom. The summed E-state index contributed by atoms with van der Waals surface area (Å²) in [5.41, 5.74) is 0.853. The van der Waals surface area contributed by atoms with Crippen molar-refractivity contribution in [3.05, 3.63) is 47.5 Å². The highest BCUT2D eigenvalue weighted by atomic mass is 16.5. The number of hydrogen-bond acceptors (Lipinski definition) is 4. The van der Waals surface area contributed by atoms with Crippen molar-refractivity contribution in [2.75, 3.05) is 6.61 Å². The third kappa shape index (κ3) is 4.23. The van der Waals surface area contributed by atoms with E-state index in [1.165, 1.54) is 6.07 Å². The Hall–Kier alpha value is -2.12. The fraction of sp³-hybridized carbons (Fsp3) is 0.333. The summed E-state index contributed by atoms with van der Waals surface area (Å²) in [6.45, 7) is 5.87. The van der Waals surface area contributed by atoms with Crippen molar-refractivity contribution in [3.63, 3.8) is 0 Å². The predicted octanol–water partition coefficient (Wildman–Crippen LogP) is 2.49. The van der Waals surface area contributed by atoms with Crippen molar-refractivity contribution in [3.8, 4) is 6.07 Å². The average Bonchev–Trinajstić information content (AvgIpc) is 2.45. The van der Waals surface area contributed by atoms with Gasteiger partial charge in [-0.15, -0.1) is 0 Å². The fourth-order valence-corrected chi connectivity index (χ4v) is 1.49. The van der Waals surface area contributed by atoms with Gasteiger partial charge in [0.25, 0.3) is 0 Å². The smallest absolute Gasteiger partial charge is 0.336 e. The Kier molecular flexibility index (Phi) is 5.77. The standard InChI is InChI=1S/C15H17NO3/c1-3-4-8-19-15(18)11(2)14(17)13-7-5-6-12(9-13)10-16/h5-7,9,14,17H,2-4,8H2,1H3. The quantitative estimate of drug-likeness (QED) is 0.484. The zero-order valence-corrected chi connectivity index (χ0v) is 10.9. The van der Waals surface area contributed by atoms with Gasteiger partial charge in [-0.2, -0.15) is 5.26 Å². The van der Waals surface area contributed by atoms with Gasteiger partial charge in [0.05, 0.1) is 23.8 Å². The number of unbranched alkanes of at least 4 members (excludes halogenated alkanes) is 1. The van der Waals surface area contributed by atoms with Crippen LogP contribution in [0.5, 0.6) is 0 Å². The molecule has 0 aliphatic rings. The Bertz CT molecular complexity index is 502. The minimum absolute atomic E-state index is 0.0220. The molecule has 0 aromatic heterocycles. The Morgan fingerprint density at radius 3 is 2.95 bits per heavy atom. The van der Waals surface area contributed by atoms with Crippen molar-refractivity contribution in [1.29, 1.82) is 5.26 Å². The third-order valence-electron chi connectivity index (χ3n) is 2.65. The molecule has 0 heterocycles. The molecule has 0 bridgehead atoms. The van der Waals surface area contributed by atoms with Crippen LogP contribution in [0.25, 0.3) is 0 Å². The highest BCUT2D eigenvalue weighted by molar-refractivity contribution is 5.89. The fourth-order valence-electron chi connectivity index (χ4n) is 1.49. The van der Waals surface area contributed by atoms with Gasteiger partial charge in [-0.05, 0) is 24.1 Å². The summed E-state index contributed by atoms with van der Waals surface area (Å²) in [7, 11) is 0. The van der Waals surface area contributed by atoms with E-state index in [4.69, 9.17) is 10.00 Å². The summed E-state index contributed by atoms with van der Waals surface area (Å²) in [6, 6.07) is 8.40. The summed E-state index contributed by atoms with van der Waals surface area (Å²) in [4.78, 5) is 11.6. The lowest BCUT2D eigenvalue weighted by Gasteiger charge is -2.13. The van der Waals surface area contributed by atoms with Crippen molar-refractivity contribution in [2.45, 2.75) is 25.9 Å². The molecule has 100 valence electrons. The molecule has 1 rings (SSSR count). The molecule has 4 heteroatoms. The first kappa shape index (κ1) is 14.9. The van der Waals surface area contributed by atoms with Crippen LogP contribution in [-0.2, 0) is 9.53 Å². The second-order valence-electron chi connectivity index (χ2n) is 4.15. The molecule has 4 nitrogen and oxygen atoms in total. The average molecular weight is 259 g/mol. The van der Waals surface area contributed by atoms with Gasteiger partial charge < -0.3 is 9.84 Å². The van der Waals surface area contributed by atoms with Crippen molar-refractivity contribution < 1.29 is 14.6 Å². The molecule has 1 aromatic rings. The highest BCUT2D eigenvalue weighted by Gasteiger charge is 2.19. The van der Waals surface area contributed by atoms with Crippen LogP contribution in [-0.4, -0.2) is 17.7 Å². The van der Waals surface area contributed by atoms with E-state index in [1.54, 1.807) is 18.2 Å². The van der Waals surface area contributed by atoms with Crippen LogP contribution in [0.3, 0.4) is 0 Å². The molecule has 1 unspecified atom stereocenters. The molecule has 0 aliphatic heterocycles. The van der Waals surface area contributed by atoms with Crippen LogP contribution in [0.15, 0.2) is 36.4 Å². The van der Waals surface area contributed by atoms with Gasteiger partial charge >= 0.3 is 5.97 Å². The van der Waals surface area contributed by atoms with Crippen LogP contribution in [0.1, 0.15) is 37.0 Å². The van der Waals surface area contributed by atoms with Crippen LogP contribution >= 0.6 is 0 Å². The number of aliphatic hydroxyl groups is 1. The maximum Gasteiger partial charge on any atom is 0.336 e. The first-order valence-electron chi connectivity index (χ1n) is 6.14. The van der Waals surface area contributed by atoms with Crippen molar-refractivity contribution in [1.82, 2.24) is 0 Å². The number of carbonyl (C=O) groups excluding carboxylic acids is 1. The van der Waals surface area contributed by atoms with E-state index in [0.29, 0.717) is 17.7 Å². The number of esters is 1. The molecule has 19 heavy (non-hydrogen) atoms. The number of ether oxygens (including phenoxy) is 1. The van der Waals surface area contributed by atoms with Crippen molar-refractivity contribution >= 4 is 5.97 Å². The second-order valence-corrected chi connectivity index (χ2v) is 4.15. The molecular weight excluding hydrogens is 242 g/mol. The molecule has 0 fully saturated rings. The summed E-state index contributed by atoms with van der Waals surface area (Å²) >= 11 is 0. The summed E-state index contributed by atoms with van der Waals surface area (Å²) in [6.07, 6.45) is 0.549. The normalized spacial score (nSPS) is 11.4. The van der Waals surface area contributed by atoms with Gasteiger partial charge in [-0.1, -0.05) is 32.1 Å². The maximum atomic E-state index is 11.6. The zero-order chi connectivity index (χ0) is 14.3. The van der Waals surface area contributed by atoms with Crippen molar-refractivity contribution in [2.24, 2.45) is 0 Å². The summed E-state index contributed by atoms with van der Waals surface area (Å²) < 4.78 is 4.98. The van der Waals surface area contributed by atoms with E-state index in [9.17, 15) is 9.90 Å². The van der Waals surface area contributed by atoms with E-state index >= 15 is 0 Å². The number of nitrogens with zero attached hydrogens (tertiary/aromatic N) is 1. The molecule has 0 amide bonds. The predicted molar refractivity (Wildman–Crippen MR) is 71.1 cm³/mol.